The minimum Gasteiger partial charge on any atom is -0.329 e. The monoisotopic (exact) mass is 294 g/mol. The van der Waals surface area contributed by atoms with Gasteiger partial charge >= 0.3 is 0 Å². The molecule has 1 unspecified atom stereocenters. The van der Waals surface area contributed by atoms with Gasteiger partial charge in [-0.3, -0.25) is 0 Å². The van der Waals surface area contributed by atoms with Crippen LogP contribution >= 0.6 is 24.0 Å². The summed E-state index contributed by atoms with van der Waals surface area (Å²) >= 11 is 5.97. The van der Waals surface area contributed by atoms with E-state index in [-0.39, 0.29) is 23.8 Å². The van der Waals surface area contributed by atoms with Crippen molar-refractivity contribution in [2.24, 2.45) is 11.7 Å². The van der Waals surface area contributed by atoms with E-state index < -0.39 is 0 Å². The second kappa shape index (κ2) is 7.29. The summed E-state index contributed by atoms with van der Waals surface area (Å²) in [6, 6.07) is 4.71. The van der Waals surface area contributed by atoms with Crippen LogP contribution in [0.1, 0.15) is 26.3 Å². The van der Waals surface area contributed by atoms with E-state index in [1.165, 1.54) is 6.07 Å². The van der Waals surface area contributed by atoms with Crippen LogP contribution in [-0.4, -0.2) is 12.1 Å². The molecule has 0 aliphatic heterocycles. The van der Waals surface area contributed by atoms with Gasteiger partial charge in [0.25, 0.3) is 0 Å². The average Bonchev–Trinajstić information content (AvgIpc) is 2.27. The van der Waals surface area contributed by atoms with Gasteiger partial charge in [-0.1, -0.05) is 31.5 Å². The van der Waals surface area contributed by atoms with Gasteiger partial charge < -0.3 is 11.1 Å². The molecule has 1 aromatic rings. The van der Waals surface area contributed by atoms with E-state index in [9.17, 15) is 4.39 Å². The van der Waals surface area contributed by atoms with E-state index in [0.29, 0.717) is 29.6 Å². The van der Waals surface area contributed by atoms with Crippen molar-refractivity contribution < 1.29 is 4.39 Å². The van der Waals surface area contributed by atoms with E-state index in [2.05, 4.69) is 19.2 Å². The Labute approximate surface area is 119 Å². The molecule has 0 radical (unpaired) electrons. The lowest BCUT2D eigenvalue weighted by molar-refractivity contribution is 0.266. The molecule has 0 saturated carbocycles. The van der Waals surface area contributed by atoms with Crippen LogP contribution in [0.5, 0.6) is 0 Å². The molecule has 0 aromatic heterocycles. The van der Waals surface area contributed by atoms with Crippen LogP contribution in [0.3, 0.4) is 0 Å². The van der Waals surface area contributed by atoms with Crippen molar-refractivity contribution in [2.75, 3.05) is 6.54 Å². The molecule has 5 heteroatoms. The average molecular weight is 295 g/mol. The summed E-state index contributed by atoms with van der Waals surface area (Å²) < 4.78 is 13.6. The van der Waals surface area contributed by atoms with Gasteiger partial charge in [-0.05, 0) is 25.0 Å². The van der Waals surface area contributed by atoms with Crippen LogP contribution in [0.15, 0.2) is 18.2 Å². The topological polar surface area (TPSA) is 38.0 Å². The largest absolute Gasteiger partial charge is 0.329 e. The maximum atomic E-state index is 13.6. The van der Waals surface area contributed by atoms with Gasteiger partial charge in [0, 0.05) is 29.2 Å². The first-order chi connectivity index (χ1) is 7.90. The third-order valence-electron chi connectivity index (χ3n) is 3.43. The predicted octanol–water partition coefficient (Wildman–Crippen LogP) is 3.36. The maximum Gasteiger partial charge on any atom is 0.129 e. The maximum absolute atomic E-state index is 13.6. The normalized spacial score (nSPS) is 14.2. The zero-order valence-electron chi connectivity index (χ0n) is 11.0. The highest BCUT2D eigenvalue weighted by Gasteiger charge is 2.26. The standard InChI is InChI=1S/C13H20ClFN2.ClH/c1-9(2)13(3,8-16)17-7-10-11(14)5-4-6-12(10)15;/h4-6,9,17H,7-8,16H2,1-3H3;1H. The summed E-state index contributed by atoms with van der Waals surface area (Å²) in [5, 5.41) is 3.74. The first-order valence-corrected chi connectivity index (χ1v) is 6.16. The van der Waals surface area contributed by atoms with Crippen molar-refractivity contribution in [2.45, 2.75) is 32.9 Å². The molecule has 104 valence electrons. The SMILES string of the molecule is CC(C)C(C)(CN)NCc1c(F)cccc1Cl.Cl. The zero-order valence-corrected chi connectivity index (χ0v) is 12.5. The fraction of sp³-hybridized carbons (Fsp3) is 0.538. The van der Waals surface area contributed by atoms with E-state index in [0.717, 1.165) is 0 Å². The fourth-order valence-corrected chi connectivity index (χ4v) is 1.73. The molecule has 1 atom stereocenters. The van der Waals surface area contributed by atoms with Crippen LogP contribution in [-0.2, 0) is 6.54 Å². The summed E-state index contributed by atoms with van der Waals surface area (Å²) in [6.07, 6.45) is 0. The smallest absolute Gasteiger partial charge is 0.129 e. The lowest BCUT2D eigenvalue weighted by Crippen LogP contribution is -2.52. The number of nitrogens with one attached hydrogen (secondary N) is 1. The second-order valence-corrected chi connectivity index (χ2v) is 5.24. The number of hydrogen-bond donors (Lipinski definition) is 2. The summed E-state index contributed by atoms with van der Waals surface area (Å²) in [5.74, 6) is 0.0752. The molecule has 1 aromatic carbocycles. The Hall–Kier alpha value is -0.350. The quantitative estimate of drug-likeness (QED) is 0.874. The Morgan fingerprint density at radius 3 is 2.50 bits per heavy atom. The molecule has 3 N–H and O–H groups in total. The van der Waals surface area contributed by atoms with Gasteiger partial charge in [-0.2, -0.15) is 0 Å². The molecule has 0 aliphatic carbocycles. The summed E-state index contributed by atoms with van der Waals surface area (Å²) in [5.41, 5.74) is 6.04. The van der Waals surface area contributed by atoms with Crippen LogP contribution in [0.4, 0.5) is 4.39 Å². The number of benzene rings is 1. The molecular weight excluding hydrogens is 274 g/mol. The van der Waals surface area contributed by atoms with E-state index in [4.69, 9.17) is 17.3 Å². The summed E-state index contributed by atoms with van der Waals surface area (Å²) in [7, 11) is 0. The van der Waals surface area contributed by atoms with Gasteiger partial charge in [0.05, 0.1) is 0 Å². The van der Waals surface area contributed by atoms with E-state index >= 15 is 0 Å². The zero-order chi connectivity index (χ0) is 13.1. The van der Waals surface area contributed by atoms with Crippen molar-refractivity contribution in [1.82, 2.24) is 5.32 Å². The molecule has 2 nitrogen and oxygen atoms in total. The number of nitrogens with two attached hydrogens (primary N) is 1. The highest BCUT2D eigenvalue weighted by atomic mass is 35.5. The Balaban J connectivity index is 0.00000289. The third-order valence-corrected chi connectivity index (χ3v) is 3.78. The van der Waals surface area contributed by atoms with E-state index in [1.54, 1.807) is 12.1 Å². The molecule has 0 bridgehead atoms. The Morgan fingerprint density at radius 1 is 1.44 bits per heavy atom. The molecule has 0 spiro atoms. The Kier molecular flexibility index (Phi) is 7.15. The van der Waals surface area contributed by atoms with Gasteiger partial charge in [-0.15, -0.1) is 12.4 Å². The molecule has 0 aliphatic rings. The van der Waals surface area contributed by atoms with Crippen molar-refractivity contribution in [3.8, 4) is 0 Å². The molecule has 0 heterocycles. The summed E-state index contributed by atoms with van der Waals surface area (Å²) in [6.45, 7) is 7.09. The first-order valence-electron chi connectivity index (χ1n) is 5.78. The number of halogens is 3. The van der Waals surface area contributed by atoms with Crippen molar-refractivity contribution in [3.63, 3.8) is 0 Å². The van der Waals surface area contributed by atoms with Gasteiger partial charge in [-0.25, -0.2) is 4.39 Å². The van der Waals surface area contributed by atoms with Crippen LogP contribution < -0.4 is 11.1 Å². The Bertz CT molecular complexity index is 365. The summed E-state index contributed by atoms with van der Waals surface area (Å²) in [4.78, 5) is 0. The van der Waals surface area contributed by atoms with E-state index in [1.807, 2.05) is 6.92 Å². The lowest BCUT2D eigenvalue weighted by Gasteiger charge is -2.34. The molecule has 1 rings (SSSR count). The van der Waals surface area contributed by atoms with Gasteiger partial charge in [0.2, 0.25) is 0 Å². The molecule has 0 saturated heterocycles. The van der Waals surface area contributed by atoms with Crippen molar-refractivity contribution >= 4 is 24.0 Å². The van der Waals surface area contributed by atoms with Crippen molar-refractivity contribution in [1.29, 1.82) is 0 Å². The van der Waals surface area contributed by atoms with Gasteiger partial charge in [0.15, 0.2) is 0 Å². The minimum absolute atomic E-state index is 0. The van der Waals surface area contributed by atoms with Crippen LogP contribution in [0.2, 0.25) is 5.02 Å². The lowest BCUT2D eigenvalue weighted by atomic mass is 9.88. The highest BCUT2D eigenvalue weighted by Crippen LogP contribution is 2.21. The van der Waals surface area contributed by atoms with Crippen LogP contribution in [0.25, 0.3) is 0 Å². The Morgan fingerprint density at radius 2 is 2.06 bits per heavy atom. The minimum atomic E-state index is -0.284. The highest BCUT2D eigenvalue weighted by molar-refractivity contribution is 6.31. The van der Waals surface area contributed by atoms with Crippen LogP contribution in [0, 0.1) is 11.7 Å². The predicted molar refractivity (Wildman–Crippen MR) is 77.8 cm³/mol. The fourth-order valence-electron chi connectivity index (χ4n) is 1.50. The number of rotatable bonds is 5. The van der Waals surface area contributed by atoms with Crippen molar-refractivity contribution in [3.05, 3.63) is 34.6 Å². The molecular formula is C13H21Cl2FN2. The second-order valence-electron chi connectivity index (χ2n) is 4.83. The molecule has 0 fully saturated rings. The number of hydrogen-bond acceptors (Lipinski definition) is 2. The molecule has 0 amide bonds. The molecule has 18 heavy (non-hydrogen) atoms. The third kappa shape index (κ3) is 4.09. The van der Waals surface area contributed by atoms with Gasteiger partial charge in [0.1, 0.15) is 5.82 Å². The first kappa shape index (κ1) is 17.6.